The molecule has 0 aliphatic rings. The number of benzene rings is 1. The van der Waals surface area contributed by atoms with Crippen molar-refractivity contribution in [1.29, 1.82) is 0 Å². The van der Waals surface area contributed by atoms with E-state index in [1.165, 1.54) is 0 Å². The Hall–Kier alpha value is -1.65. The second-order valence-electron chi connectivity index (χ2n) is 3.48. The molecule has 3 aromatic rings. The standard InChI is InChI=1S/C11H6Cl2N4/c12-7-3-1-2-6(4-7)9-8-5-14-17-10(8)16-11(13)15-9/h1-5H,(H,14,15,16,17). The van der Waals surface area contributed by atoms with Crippen molar-refractivity contribution in [2.45, 2.75) is 0 Å². The summed E-state index contributed by atoms with van der Waals surface area (Å²) in [6, 6.07) is 7.41. The third kappa shape index (κ3) is 1.85. The summed E-state index contributed by atoms with van der Waals surface area (Å²) in [4.78, 5) is 8.27. The summed E-state index contributed by atoms with van der Waals surface area (Å²) in [7, 11) is 0. The largest absolute Gasteiger partial charge is 0.261 e. The lowest BCUT2D eigenvalue weighted by molar-refractivity contribution is 1.09. The first-order chi connectivity index (χ1) is 8.24. The minimum Gasteiger partial charge on any atom is -0.261 e. The molecule has 0 atom stereocenters. The van der Waals surface area contributed by atoms with Crippen molar-refractivity contribution in [3.8, 4) is 11.3 Å². The molecule has 3 rings (SSSR count). The van der Waals surface area contributed by atoms with Gasteiger partial charge >= 0.3 is 0 Å². The molecular formula is C11H6Cl2N4. The molecule has 4 nitrogen and oxygen atoms in total. The van der Waals surface area contributed by atoms with Gasteiger partial charge in [0.15, 0.2) is 5.65 Å². The van der Waals surface area contributed by atoms with E-state index in [4.69, 9.17) is 23.2 Å². The first-order valence-electron chi connectivity index (χ1n) is 4.86. The Balaban J connectivity index is 2.32. The van der Waals surface area contributed by atoms with Gasteiger partial charge in [-0.1, -0.05) is 23.7 Å². The summed E-state index contributed by atoms with van der Waals surface area (Å²) in [5.41, 5.74) is 2.21. The molecule has 1 aromatic carbocycles. The zero-order valence-electron chi connectivity index (χ0n) is 8.48. The Morgan fingerprint density at radius 2 is 2.00 bits per heavy atom. The van der Waals surface area contributed by atoms with E-state index in [2.05, 4.69) is 20.2 Å². The summed E-state index contributed by atoms with van der Waals surface area (Å²) >= 11 is 11.8. The van der Waals surface area contributed by atoms with Crippen LogP contribution >= 0.6 is 23.2 Å². The van der Waals surface area contributed by atoms with Gasteiger partial charge in [-0.3, -0.25) is 5.10 Å². The van der Waals surface area contributed by atoms with Crippen LogP contribution < -0.4 is 0 Å². The lowest BCUT2D eigenvalue weighted by Crippen LogP contribution is -1.89. The van der Waals surface area contributed by atoms with Crippen molar-refractivity contribution in [3.63, 3.8) is 0 Å². The van der Waals surface area contributed by atoms with Crippen LogP contribution in [0.15, 0.2) is 30.5 Å². The Morgan fingerprint density at radius 1 is 1.12 bits per heavy atom. The highest BCUT2D eigenvalue weighted by atomic mass is 35.5. The average molecular weight is 265 g/mol. The first-order valence-corrected chi connectivity index (χ1v) is 5.62. The second-order valence-corrected chi connectivity index (χ2v) is 4.26. The average Bonchev–Trinajstić information content (AvgIpc) is 2.75. The van der Waals surface area contributed by atoms with Gasteiger partial charge in [-0.15, -0.1) is 0 Å². The zero-order chi connectivity index (χ0) is 11.8. The third-order valence-electron chi connectivity index (χ3n) is 2.38. The molecule has 2 heterocycles. The number of nitrogens with zero attached hydrogens (tertiary/aromatic N) is 3. The Kier molecular flexibility index (Phi) is 2.46. The van der Waals surface area contributed by atoms with E-state index in [-0.39, 0.29) is 5.28 Å². The van der Waals surface area contributed by atoms with Crippen LogP contribution in [0.1, 0.15) is 0 Å². The third-order valence-corrected chi connectivity index (χ3v) is 2.78. The summed E-state index contributed by atoms with van der Waals surface area (Å²) in [5, 5.41) is 8.34. The summed E-state index contributed by atoms with van der Waals surface area (Å²) in [5.74, 6) is 0. The molecule has 6 heteroatoms. The van der Waals surface area contributed by atoms with Crippen LogP contribution in [0.4, 0.5) is 0 Å². The van der Waals surface area contributed by atoms with E-state index in [1.807, 2.05) is 18.2 Å². The minimum absolute atomic E-state index is 0.178. The predicted molar refractivity (Wildman–Crippen MR) is 67.1 cm³/mol. The molecule has 1 N–H and O–H groups in total. The number of aromatic amines is 1. The van der Waals surface area contributed by atoms with Crippen LogP contribution in [0.5, 0.6) is 0 Å². The molecule has 0 saturated heterocycles. The Morgan fingerprint density at radius 3 is 2.82 bits per heavy atom. The van der Waals surface area contributed by atoms with Crippen molar-refractivity contribution in [2.75, 3.05) is 0 Å². The maximum Gasteiger partial charge on any atom is 0.224 e. The van der Waals surface area contributed by atoms with Gasteiger partial charge in [0.25, 0.3) is 0 Å². The van der Waals surface area contributed by atoms with Gasteiger partial charge in [0.05, 0.1) is 17.3 Å². The maximum atomic E-state index is 5.96. The first kappa shape index (κ1) is 10.5. The van der Waals surface area contributed by atoms with E-state index in [0.29, 0.717) is 10.7 Å². The van der Waals surface area contributed by atoms with Crippen molar-refractivity contribution >= 4 is 34.2 Å². The number of hydrogen-bond donors (Lipinski definition) is 1. The normalized spacial score (nSPS) is 10.9. The van der Waals surface area contributed by atoms with Gasteiger partial charge in [-0.05, 0) is 23.7 Å². The SMILES string of the molecule is Clc1cccc(-c2nc(Cl)nc3[nH]ncc23)c1. The molecule has 0 amide bonds. The van der Waals surface area contributed by atoms with E-state index in [0.717, 1.165) is 16.6 Å². The second kappa shape index (κ2) is 3.98. The molecule has 0 radical (unpaired) electrons. The molecule has 0 aliphatic heterocycles. The van der Waals surface area contributed by atoms with Gasteiger partial charge in [0, 0.05) is 10.6 Å². The molecule has 0 unspecified atom stereocenters. The van der Waals surface area contributed by atoms with Crippen molar-refractivity contribution < 1.29 is 0 Å². The number of aromatic nitrogens is 4. The number of rotatable bonds is 1. The molecule has 0 aliphatic carbocycles. The zero-order valence-corrected chi connectivity index (χ0v) is 10.00. The highest BCUT2D eigenvalue weighted by molar-refractivity contribution is 6.31. The molecular weight excluding hydrogens is 259 g/mol. The van der Waals surface area contributed by atoms with Gasteiger partial charge in [-0.25, -0.2) is 4.98 Å². The van der Waals surface area contributed by atoms with Gasteiger partial charge < -0.3 is 0 Å². The fourth-order valence-electron chi connectivity index (χ4n) is 1.66. The number of halogens is 2. The minimum atomic E-state index is 0.178. The van der Waals surface area contributed by atoms with Crippen LogP contribution in [-0.2, 0) is 0 Å². The van der Waals surface area contributed by atoms with Crippen molar-refractivity contribution in [3.05, 3.63) is 40.8 Å². The van der Waals surface area contributed by atoms with Gasteiger partial charge in [0.2, 0.25) is 5.28 Å². The van der Waals surface area contributed by atoms with Crippen LogP contribution in [0.2, 0.25) is 10.3 Å². The maximum absolute atomic E-state index is 5.96. The predicted octanol–water partition coefficient (Wildman–Crippen LogP) is 3.33. The molecule has 0 fully saturated rings. The van der Waals surface area contributed by atoms with Crippen molar-refractivity contribution in [1.82, 2.24) is 20.2 Å². The van der Waals surface area contributed by atoms with E-state index >= 15 is 0 Å². The highest BCUT2D eigenvalue weighted by Gasteiger charge is 2.10. The molecule has 17 heavy (non-hydrogen) atoms. The molecule has 0 spiro atoms. The lowest BCUT2D eigenvalue weighted by atomic mass is 10.1. The Bertz CT molecular complexity index is 693. The molecule has 0 bridgehead atoms. The molecule has 84 valence electrons. The van der Waals surface area contributed by atoms with E-state index in [9.17, 15) is 0 Å². The van der Waals surface area contributed by atoms with Crippen LogP contribution in [-0.4, -0.2) is 20.2 Å². The number of fused-ring (bicyclic) bond motifs is 1. The smallest absolute Gasteiger partial charge is 0.224 e. The molecule has 2 aromatic heterocycles. The monoisotopic (exact) mass is 264 g/mol. The Labute approximate surface area is 107 Å². The van der Waals surface area contributed by atoms with Crippen molar-refractivity contribution in [2.24, 2.45) is 0 Å². The quantitative estimate of drug-likeness (QED) is 0.686. The van der Waals surface area contributed by atoms with Gasteiger partial charge in [0.1, 0.15) is 0 Å². The fraction of sp³-hybridized carbons (Fsp3) is 0. The van der Waals surface area contributed by atoms with Crippen LogP contribution in [0, 0.1) is 0 Å². The summed E-state index contributed by atoms with van der Waals surface area (Å²) in [6.45, 7) is 0. The summed E-state index contributed by atoms with van der Waals surface area (Å²) in [6.07, 6.45) is 1.67. The number of hydrogen-bond acceptors (Lipinski definition) is 3. The van der Waals surface area contributed by atoms with Crippen LogP contribution in [0.25, 0.3) is 22.3 Å². The van der Waals surface area contributed by atoms with Crippen LogP contribution in [0.3, 0.4) is 0 Å². The molecule has 0 saturated carbocycles. The highest BCUT2D eigenvalue weighted by Crippen LogP contribution is 2.27. The lowest BCUT2D eigenvalue weighted by Gasteiger charge is -2.03. The summed E-state index contributed by atoms with van der Waals surface area (Å²) < 4.78 is 0. The van der Waals surface area contributed by atoms with Gasteiger partial charge in [-0.2, -0.15) is 10.1 Å². The van der Waals surface area contributed by atoms with E-state index in [1.54, 1.807) is 12.3 Å². The number of H-pyrrole nitrogens is 1. The fourth-order valence-corrected chi connectivity index (χ4v) is 2.02. The van der Waals surface area contributed by atoms with E-state index < -0.39 is 0 Å². The number of nitrogens with one attached hydrogen (secondary N) is 1. The topological polar surface area (TPSA) is 54.5 Å².